The van der Waals surface area contributed by atoms with E-state index in [1.807, 2.05) is 6.07 Å². The monoisotopic (exact) mass is 274 g/mol. The molecule has 0 bridgehead atoms. The van der Waals surface area contributed by atoms with Crippen LogP contribution < -0.4 is 0 Å². The summed E-state index contributed by atoms with van der Waals surface area (Å²) >= 11 is 1.64. The van der Waals surface area contributed by atoms with Crippen LogP contribution in [-0.4, -0.2) is 8.76 Å². The molecule has 0 aliphatic heterocycles. The second kappa shape index (κ2) is 4.13. The molecule has 2 rings (SSSR count). The Labute approximate surface area is 94.1 Å². The molecule has 1 unspecified atom stereocenters. The van der Waals surface area contributed by atoms with Crippen LogP contribution in [0.5, 0.6) is 0 Å². The van der Waals surface area contributed by atoms with Gasteiger partial charge in [-0.05, 0) is 48.9 Å². The second-order valence-electron chi connectivity index (χ2n) is 3.46. The lowest BCUT2D eigenvalue weighted by Crippen LogP contribution is -2.08. The molecule has 1 aliphatic carbocycles. The maximum atomic E-state index is 11.1. The van der Waals surface area contributed by atoms with Crippen molar-refractivity contribution < 1.29 is 8.76 Å². The van der Waals surface area contributed by atoms with E-state index >= 15 is 0 Å². The Balaban J connectivity index is 2.59. The van der Waals surface area contributed by atoms with Crippen molar-refractivity contribution >= 4 is 27.0 Å². The van der Waals surface area contributed by atoms with Crippen LogP contribution >= 0.6 is 15.9 Å². The van der Waals surface area contributed by atoms with Gasteiger partial charge >= 0.3 is 0 Å². The molecular formula is C10H11BrO2S. The van der Waals surface area contributed by atoms with Crippen LogP contribution in [0.15, 0.2) is 21.5 Å². The lowest BCUT2D eigenvalue weighted by atomic mass is 9.92. The molecule has 2 nitrogen and oxygen atoms in total. The van der Waals surface area contributed by atoms with E-state index in [4.69, 9.17) is 4.55 Å². The topological polar surface area (TPSA) is 37.3 Å². The zero-order valence-electron chi connectivity index (χ0n) is 7.62. The van der Waals surface area contributed by atoms with Crippen LogP contribution in [0.1, 0.15) is 24.0 Å². The summed E-state index contributed by atoms with van der Waals surface area (Å²) in [6.07, 6.45) is 4.23. The quantitative estimate of drug-likeness (QED) is 0.800. The third kappa shape index (κ3) is 1.78. The van der Waals surface area contributed by atoms with Crippen LogP contribution in [0, 0.1) is 0 Å². The predicted octanol–water partition coefficient (Wildman–Crippen LogP) is 2.91. The summed E-state index contributed by atoms with van der Waals surface area (Å²) in [5.41, 5.74) is 2.29. The molecule has 0 saturated carbocycles. The van der Waals surface area contributed by atoms with Crippen molar-refractivity contribution in [2.75, 3.05) is 0 Å². The molecular weight excluding hydrogens is 264 g/mol. The van der Waals surface area contributed by atoms with Crippen LogP contribution in [0.2, 0.25) is 0 Å². The molecule has 4 heteroatoms. The predicted molar refractivity (Wildman–Crippen MR) is 59.8 cm³/mol. The number of hydrogen-bond donors (Lipinski definition) is 1. The van der Waals surface area contributed by atoms with Crippen LogP contribution in [-0.2, 0) is 23.9 Å². The highest BCUT2D eigenvalue weighted by molar-refractivity contribution is 9.10. The van der Waals surface area contributed by atoms with E-state index in [0.717, 1.165) is 29.3 Å². The molecule has 0 spiro atoms. The normalized spacial score (nSPS) is 17.6. The van der Waals surface area contributed by atoms with Gasteiger partial charge in [-0.3, -0.25) is 0 Å². The molecule has 0 fully saturated rings. The van der Waals surface area contributed by atoms with Crippen LogP contribution in [0.4, 0.5) is 0 Å². The van der Waals surface area contributed by atoms with E-state index in [-0.39, 0.29) is 0 Å². The summed E-state index contributed by atoms with van der Waals surface area (Å²) in [5, 5.41) is 0. The Morgan fingerprint density at radius 3 is 2.50 bits per heavy atom. The first-order valence-electron chi connectivity index (χ1n) is 4.61. The molecule has 1 N–H and O–H groups in total. The van der Waals surface area contributed by atoms with Crippen molar-refractivity contribution in [3.05, 3.63) is 27.7 Å². The minimum absolute atomic E-state index is 0.586. The summed E-state index contributed by atoms with van der Waals surface area (Å²) in [6, 6.07) is 3.61. The smallest absolute Gasteiger partial charge is 0.186 e. The van der Waals surface area contributed by atoms with E-state index < -0.39 is 11.1 Å². The van der Waals surface area contributed by atoms with E-state index in [9.17, 15) is 4.21 Å². The van der Waals surface area contributed by atoms with Gasteiger partial charge < -0.3 is 4.55 Å². The number of hydrogen-bond acceptors (Lipinski definition) is 1. The molecule has 76 valence electrons. The molecule has 0 amide bonds. The number of halogens is 1. The Morgan fingerprint density at radius 2 is 1.86 bits per heavy atom. The highest BCUT2D eigenvalue weighted by Gasteiger charge is 2.18. The highest BCUT2D eigenvalue weighted by atomic mass is 79.9. The molecule has 0 heterocycles. The fourth-order valence-electron chi connectivity index (χ4n) is 1.95. The standard InChI is InChI=1S/C10H11BrO2S/c11-9-5-6-10(14(12)13)8-4-2-1-3-7(8)9/h5-6H,1-4H2,(H,12,13). The third-order valence-corrected chi connectivity index (χ3v) is 4.12. The lowest BCUT2D eigenvalue weighted by Gasteiger charge is -2.19. The van der Waals surface area contributed by atoms with Gasteiger partial charge in [-0.1, -0.05) is 15.9 Å². The van der Waals surface area contributed by atoms with E-state index in [1.54, 1.807) is 6.07 Å². The number of rotatable bonds is 1. The first-order valence-corrected chi connectivity index (χ1v) is 6.51. The molecule has 0 radical (unpaired) electrons. The maximum absolute atomic E-state index is 11.1. The Kier molecular flexibility index (Phi) is 3.04. The first kappa shape index (κ1) is 10.3. The summed E-state index contributed by atoms with van der Waals surface area (Å²) in [5.74, 6) is 0. The van der Waals surface area contributed by atoms with Crippen molar-refractivity contribution in [1.29, 1.82) is 0 Å². The summed E-state index contributed by atoms with van der Waals surface area (Å²) in [7, 11) is 0. The van der Waals surface area contributed by atoms with Crippen molar-refractivity contribution in [3.8, 4) is 0 Å². The van der Waals surface area contributed by atoms with Gasteiger partial charge in [0.25, 0.3) is 0 Å². The average Bonchev–Trinajstić information content (AvgIpc) is 2.18. The van der Waals surface area contributed by atoms with Gasteiger partial charge in [-0.2, -0.15) is 0 Å². The van der Waals surface area contributed by atoms with Crippen molar-refractivity contribution in [1.82, 2.24) is 0 Å². The summed E-state index contributed by atoms with van der Waals surface area (Å²) in [6.45, 7) is 0. The Morgan fingerprint density at radius 1 is 1.21 bits per heavy atom. The highest BCUT2D eigenvalue weighted by Crippen LogP contribution is 2.31. The van der Waals surface area contributed by atoms with E-state index in [1.165, 1.54) is 12.0 Å². The van der Waals surface area contributed by atoms with Gasteiger partial charge in [0.1, 0.15) is 0 Å². The zero-order valence-corrected chi connectivity index (χ0v) is 10.0. The lowest BCUT2D eigenvalue weighted by molar-refractivity contribution is 0.560. The minimum Gasteiger partial charge on any atom is -0.302 e. The SMILES string of the molecule is O=S(O)c1ccc(Br)c2c1CCCC2. The molecule has 0 saturated heterocycles. The molecule has 1 aromatic carbocycles. The van der Waals surface area contributed by atoms with Crippen LogP contribution in [0.3, 0.4) is 0 Å². The molecule has 1 atom stereocenters. The Hall–Kier alpha value is -0.190. The van der Waals surface area contributed by atoms with Crippen molar-refractivity contribution in [3.63, 3.8) is 0 Å². The summed E-state index contributed by atoms with van der Waals surface area (Å²) in [4.78, 5) is 0.586. The maximum Gasteiger partial charge on any atom is 0.186 e. The summed E-state index contributed by atoms with van der Waals surface area (Å²) < 4.78 is 21.3. The average molecular weight is 275 g/mol. The number of benzene rings is 1. The first-order chi connectivity index (χ1) is 6.70. The zero-order chi connectivity index (χ0) is 10.1. The largest absolute Gasteiger partial charge is 0.302 e. The minimum atomic E-state index is -1.85. The van der Waals surface area contributed by atoms with Crippen LogP contribution in [0.25, 0.3) is 0 Å². The van der Waals surface area contributed by atoms with Crippen molar-refractivity contribution in [2.45, 2.75) is 30.6 Å². The molecule has 0 aromatic heterocycles. The van der Waals surface area contributed by atoms with E-state index in [2.05, 4.69) is 15.9 Å². The number of fused-ring (bicyclic) bond motifs is 1. The van der Waals surface area contributed by atoms with Gasteiger partial charge in [0.05, 0.1) is 4.90 Å². The van der Waals surface area contributed by atoms with Gasteiger partial charge in [-0.15, -0.1) is 0 Å². The van der Waals surface area contributed by atoms with Gasteiger partial charge in [-0.25, -0.2) is 4.21 Å². The molecule has 1 aliphatic rings. The Bertz CT molecular complexity index is 390. The molecule has 1 aromatic rings. The van der Waals surface area contributed by atoms with Gasteiger partial charge in [0, 0.05) is 4.47 Å². The third-order valence-electron chi connectivity index (χ3n) is 2.62. The fourth-order valence-corrected chi connectivity index (χ4v) is 3.14. The van der Waals surface area contributed by atoms with Crippen molar-refractivity contribution in [2.24, 2.45) is 0 Å². The van der Waals surface area contributed by atoms with Gasteiger partial charge in [0.2, 0.25) is 0 Å². The van der Waals surface area contributed by atoms with E-state index in [0.29, 0.717) is 4.90 Å². The molecule has 14 heavy (non-hydrogen) atoms. The second-order valence-corrected chi connectivity index (χ2v) is 5.25. The van der Waals surface area contributed by atoms with Gasteiger partial charge in [0.15, 0.2) is 11.1 Å². The fraction of sp³-hybridized carbons (Fsp3) is 0.400.